The predicted molar refractivity (Wildman–Crippen MR) is 61.5 cm³/mol. The summed E-state index contributed by atoms with van der Waals surface area (Å²) >= 11 is 0. The van der Waals surface area contributed by atoms with Crippen molar-refractivity contribution in [3.63, 3.8) is 0 Å². The molecular formula is C12H7N3O2. The fourth-order valence-corrected chi connectivity index (χ4v) is 1.81. The molecular weight excluding hydrogens is 218 g/mol. The number of hydrogen-bond donors (Lipinski definition) is 1. The fraction of sp³-hybridized carbons (Fsp3) is 0.0833. The van der Waals surface area contributed by atoms with Crippen LogP contribution in [0.3, 0.4) is 0 Å². The summed E-state index contributed by atoms with van der Waals surface area (Å²) in [6, 6.07) is 9.25. The summed E-state index contributed by atoms with van der Waals surface area (Å²) in [5, 5.41) is 9.40. The van der Waals surface area contributed by atoms with Gasteiger partial charge in [-0.1, -0.05) is 12.1 Å². The average Bonchev–Trinajstić information content (AvgIpc) is 2.69. The van der Waals surface area contributed by atoms with Crippen LogP contribution in [0.15, 0.2) is 33.5 Å². The lowest BCUT2D eigenvalue weighted by molar-refractivity contribution is 0.660. The molecule has 0 saturated carbocycles. The van der Waals surface area contributed by atoms with E-state index in [-0.39, 0.29) is 17.6 Å². The Labute approximate surface area is 95.3 Å². The van der Waals surface area contributed by atoms with Gasteiger partial charge in [-0.25, -0.2) is 4.98 Å². The van der Waals surface area contributed by atoms with Crippen LogP contribution in [0, 0.1) is 11.3 Å². The maximum atomic E-state index is 11.7. The topological polar surface area (TPSA) is 82.7 Å². The number of para-hydroxylation sites is 1. The Kier molecular flexibility index (Phi) is 1.95. The fourth-order valence-electron chi connectivity index (χ4n) is 1.81. The van der Waals surface area contributed by atoms with Gasteiger partial charge in [0.05, 0.1) is 12.5 Å². The highest BCUT2D eigenvalue weighted by atomic mass is 16.3. The highest BCUT2D eigenvalue weighted by molar-refractivity contribution is 6.01. The summed E-state index contributed by atoms with van der Waals surface area (Å²) in [6.07, 6.45) is 0.0741. The van der Waals surface area contributed by atoms with Crippen LogP contribution in [-0.4, -0.2) is 9.97 Å². The Morgan fingerprint density at radius 1 is 1.41 bits per heavy atom. The molecule has 0 radical (unpaired) electrons. The lowest BCUT2D eigenvalue weighted by atomic mass is 10.2. The van der Waals surface area contributed by atoms with Crippen LogP contribution in [0.25, 0.3) is 22.1 Å². The maximum Gasteiger partial charge on any atom is 0.294 e. The van der Waals surface area contributed by atoms with Crippen molar-refractivity contribution in [3.8, 4) is 6.07 Å². The number of nitrogens with one attached hydrogen (secondary N) is 1. The van der Waals surface area contributed by atoms with Crippen LogP contribution in [0.4, 0.5) is 0 Å². The molecule has 0 amide bonds. The molecule has 0 atom stereocenters. The van der Waals surface area contributed by atoms with Gasteiger partial charge in [-0.2, -0.15) is 5.26 Å². The van der Waals surface area contributed by atoms with E-state index in [2.05, 4.69) is 9.97 Å². The van der Waals surface area contributed by atoms with Crippen LogP contribution >= 0.6 is 0 Å². The van der Waals surface area contributed by atoms with Crippen molar-refractivity contribution < 1.29 is 4.42 Å². The number of benzene rings is 1. The van der Waals surface area contributed by atoms with Gasteiger partial charge in [0.2, 0.25) is 5.58 Å². The molecule has 2 heterocycles. The number of rotatable bonds is 1. The molecule has 1 aromatic carbocycles. The highest BCUT2D eigenvalue weighted by Gasteiger charge is 2.12. The first kappa shape index (κ1) is 9.60. The van der Waals surface area contributed by atoms with E-state index in [1.165, 1.54) is 0 Å². The largest absolute Gasteiger partial charge is 0.449 e. The molecule has 0 aliphatic rings. The number of H-pyrrole nitrogens is 1. The standard InChI is InChI=1S/C12H7N3O2/c13-6-5-9-14-10-7-3-1-2-4-8(7)17-11(10)12(16)15-9/h1-4H,5H2,(H,14,15,16). The molecule has 0 bridgehead atoms. The number of hydrogen-bond acceptors (Lipinski definition) is 4. The second-order valence-electron chi connectivity index (χ2n) is 3.62. The van der Waals surface area contributed by atoms with Gasteiger partial charge in [0.15, 0.2) is 0 Å². The van der Waals surface area contributed by atoms with Gasteiger partial charge in [0.25, 0.3) is 5.56 Å². The molecule has 0 fully saturated rings. The molecule has 82 valence electrons. The normalized spacial score (nSPS) is 10.8. The molecule has 3 aromatic rings. The molecule has 0 spiro atoms. The number of nitrogens with zero attached hydrogens (tertiary/aromatic N) is 2. The van der Waals surface area contributed by atoms with E-state index in [9.17, 15) is 4.79 Å². The Hall–Kier alpha value is -2.61. The van der Waals surface area contributed by atoms with Crippen molar-refractivity contribution in [3.05, 3.63) is 40.4 Å². The number of aromatic nitrogens is 2. The molecule has 2 aromatic heterocycles. The first-order chi connectivity index (χ1) is 8.29. The van der Waals surface area contributed by atoms with Gasteiger partial charge < -0.3 is 9.40 Å². The number of nitriles is 1. The summed E-state index contributed by atoms with van der Waals surface area (Å²) < 4.78 is 5.43. The third kappa shape index (κ3) is 1.39. The van der Waals surface area contributed by atoms with E-state index in [0.717, 1.165) is 5.39 Å². The monoisotopic (exact) mass is 225 g/mol. The quantitative estimate of drug-likeness (QED) is 0.683. The molecule has 0 saturated heterocycles. The molecule has 5 heteroatoms. The Bertz CT molecular complexity index is 808. The van der Waals surface area contributed by atoms with E-state index in [1.807, 2.05) is 24.3 Å². The van der Waals surface area contributed by atoms with Crippen LogP contribution < -0.4 is 5.56 Å². The number of furan rings is 1. The highest BCUT2D eigenvalue weighted by Crippen LogP contribution is 2.24. The first-order valence-electron chi connectivity index (χ1n) is 5.07. The smallest absolute Gasteiger partial charge is 0.294 e. The molecule has 0 aliphatic carbocycles. The van der Waals surface area contributed by atoms with Crippen molar-refractivity contribution in [2.75, 3.05) is 0 Å². The summed E-state index contributed by atoms with van der Waals surface area (Å²) in [5.74, 6) is 0.358. The van der Waals surface area contributed by atoms with E-state index in [1.54, 1.807) is 6.07 Å². The van der Waals surface area contributed by atoms with Gasteiger partial charge in [-0.15, -0.1) is 0 Å². The van der Waals surface area contributed by atoms with E-state index < -0.39 is 0 Å². The molecule has 17 heavy (non-hydrogen) atoms. The van der Waals surface area contributed by atoms with Gasteiger partial charge in [0, 0.05) is 5.39 Å². The summed E-state index contributed by atoms with van der Waals surface area (Å²) in [7, 11) is 0. The maximum absolute atomic E-state index is 11.7. The molecule has 3 rings (SSSR count). The number of aromatic amines is 1. The Morgan fingerprint density at radius 3 is 3.06 bits per heavy atom. The van der Waals surface area contributed by atoms with Crippen molar-refractivity contribution in [1.82, 2.24) is 9.97 Å². The number of fused-ring (bicyclic) bond motifs is 3. The van der Waals surface area contributed by atoms with Gasteiger partial charge >= 0.3 is 0 Å². The zero-order valence-corrected chi connectivity index (χ0v) is 8.73. The predicted octanol–water partition coefficient (Wildman–Crippen LogP) is 1.74. The SMILES string of the molecule is N#CCc1nc2c(oc3ccccc32)c(=O)[nH]1. The van der Waals surface area contributed by atoms with Crippen molar-refractivity contribution in [1.29, 1.82) is 5.26 Å². The van der Waals surface area contributed by atoms with E-state index in [4.69, 9.17) is 9.68 Å². The lowest BCUT2D eigenvalue weighted by Crippen LogP contribution is -2.10. The Morgan fingerprint density at radius 2 is 2.24 bits per heavy atom. The van der Waals surface area contributed by atoms with Crippen molar-refractivity contribution in [2.45, 2.75) is 6.42 Å². The second-order valence-corrected chi connectivity index (χ2v) is 3.62. The minimum Gasteiger partial charge on any atom is -0.449 e. The molecule has 0 aliphatic heterocycles. The second kappa shape index (κ2) is 3.46. The third-order valence-corrected chi connectivity index (χ3v) is 2.53. The van der Waals surface area contributed by atoms with Crippen molar-refractivity contribution in [2.24, 2.45) is 0 Å². The molecule has 0 unspecified atom stereocenters. The zero-order chi connectivity index (χ0) is 11.8. The van der Waals surface area contributed by atoms with Crippen molar-refractivity contribution >= 4 is 22.1 Å². The summed E-state index contributed by atoms with van der Waals surface area (Å²) in [6.45, 7) is 0. The minimum absolute atomic E-state index is 0.0741. The zero-order valence-electron chi connectivity index (χ0n) is 8.73. The van der Waals surface area contributed by atoms with Crippen LogP contribution in [0.5, 0.6) is 0 Å². The first-order valence-corrected chi connectivity index (χ1v) is 5.07. The third-order valence-electron chi connectivity index (χ3n) is 2.53. The van der Waals surface area contributed by atoms with Gasteiger partial charge in [-0.3, -0.25) is 4.79 Å². The van der Waals surface area contributed by atoms with Crippen LogP contribution in [-0.2, 0) is 6.42 Å². The minimum atomic E-state index is -0.351. The van der Waals surface area contributed by atoms with Gasteiger partial charge in [-0.05, 0) is 12.1 Å². The molecule has 5 nitrogen and oxygen atoms in total. The lowest BCUT2D eigenvalue weighted by Gasteiger charge is -1.93. The van der Waals surface area contributed by atoms with E-state index in [0.29, 0.717) is 16.9 Å². The van der Waals surface area contributed by atoms with Gasteiger partial charge in [0.1, 0.15) is 16.9 Å². The Balaban J connectivity index is 2.47. The summed E-state index contributed by atoms with van der Waals surface area (Å²) in [5.41, 5.74) is 0.980. The average molecular weight is 225 g/mol. The van der Waals surface area contributed by atoms with Crippen LogP contribution in [0.1, 0.15) is 5.82 Å². The molecule has 1 N–H and O–H groups in total. The van der Waals surface area contributed by atoms with Crippen LogP contribution in [0.2, 0.25) is 0 Å². The van der Waals surface area contributed by atoms with E-state index >= 15 is 0 Å². The summed E-state index contributed by atoms with van der Waals surface area (Å²) in [4.78, 5) is 18.5.